The van der Waals surface area contributed by atoms with Crippen molar-refractivity contribution in [2.45, 2.75) is 63.7 Å². The van der Waals surface area contributed by atoms with Gasteiger partial charge in [-0.05, 0) is 25.2 Å². The summed E-state index contributed by atoms with van der Waals surface area (Å²) < 4.78 is 0. The van der Waals surface area contributed by atoms with Gasteiger partial charge in [0, 0.05) is 18.7 Å². The van der Waals surface area contributed by atoms with Crippen LogP contribution in [0.25, 0.3) is 0 Å². The molecule has 15 heteroatoms. The number of guanidine groups is 1. The Hall–Kier alpha value is -3.07. The minimum absolute atomic E-state index is 0.0313. The van der Waals surface area contributed by atoms with Gasteiger partial charge in [-0.1, -0.05) is 13.8 Å². The highest BCUT2D eigenvalue weighted by Gasteiger charge is 2.31. The number of hydrogen-bond donors (Lipinski definition) is 9. The van der Waals surface area contributed by atoms with Crippen LogP contribution in [-0.4, -0.2) is 77.1 Å². The molecule has 0 aliphatic rings. The molecular formula is C19H36N8O6S. The average Bonchev–Trinajstić information content (AvgIpc) is 2.74. The Morgan fingerprint density at radius 3 is 1.91 bits per heavy atom. The molecule has 4 atom stereocenters. The van der Waals surface area contributed by atoms with Gasteiger partial charge in [0.05, 0.1) is 6.04 Å². The summed E-state index contributed by atoms with van der Waals surface area (Å²) in [6, 6.07) is -4.59. The van der Waals surface area contributed by atoms with E-state index in [0.717, 1.165) is 0 Å². The molecule has 4 amide bonds. The van der Waals surface area contributed by atoms with Crippen LogP contribution in [0, 0.1) is 5.92 Å². The number of carboxylic acids is 1. The number of primary amides is 1. The van der Waals surface area contributed by atoms with Crippen molar-refractivity contribution in [1.82, 2.24) is 16.0 Å². The number of rotatable bonds is 16. The van der Waals surface area contributed by atoms with E-state index >= 15 is 0 Å². The van der Waals surface area contributed by atoms with Crippen LogP contribution in [-0.2, 0) is 24.0 Å². The van der Waals surface area contributed by atoms with Gasteiger partial charge in [0.25, 0.3) is 0 Å². The van der Waals surface area contributed by atoms with Gasteiger partial charge >= 0.3 is 5.97 Å². The Kier molecular flexibility index (Phi) is 14.3. The molecule has 4 unspecified atom stereocenters. The van der Waals surface area contributed by atoms with Gasteiger partial charge in [0.1, 0.15) is 18.1 Å². The highest BCUT2D eigenvalue weighted by Crippen LogP contribution is 2.07. The quantitative estimate of drug-likeness (QED) is 0.0442. The summed E-state index contributed by atoms with van der Waals surface area (Å²) in [7, 11) is 0. The van der Waals surface area contributed by atoms with Crippen molar-refractivity contribution in [3.63, 3.8) is 0 Å². The van der Waals surface area contributed by atoms with Crippen LogP contribution < -0.4 is 38.9 Å². The van der Waals surface area contributed by atoms with Gasteiger partial charge in [0.15, 0.2) is 5.96 Å². The summed E-state index contributed by atoms with van der Waals surface area (Å²) in [5.41, 5.74) is 21.4. The normalized spacial score (nSPS) is 14.3. The Balaban J connectivity index is 5.59. The highest BCUT2D eigenvalue weighted by atomic mass is 32.1. The largest absolute Gasteiger partial charge is 0.480 e. The Labute approximate surface area is 203 Å². The highest BCUT2D eigenvalue weighted by molar-refractivity contribution is 7.80. The summed E-state index contributed by atoms with van der Waals surface area (Å²) in [6.07, 6.45) is -0.0213. The van der Waals surface area contributed by atoms with Gasteiger partial charge in [-0.25, -0.2) is 4.79 Å². The predicted molar refractivity (Wildman–Crippen MR) is 128 cm³/mol. The van der Waals surface area contributed by atoms with Crippen LogP contribution in [0.2, 0.25) is 0 Å². The first-order valence-electron chi connectivity index (χ1n) is 10.6. The lowest BCUT2D eigenvalue weighted by Gasteiger charge is -2.25. The van der Waals surface area contributed by atoms with Crippen molar-refractivity contribution in [3.05, 3.63) is 0 Å². The summed E-state index contributed by atoms with van der Waals surface area (Å²) in [4.78, 5) is 64.4. The molecule has 194 valence electrons. The van der Waals surface area contributed by atoms with Crippen LogP contribution >= 0.6 is 12.6 Å². The van der Waals surface area contributed by atoms with Crippen LogP contribution in [0.3, 0.4) is 0 Å². The maximum Gasteiger partial charge on any atom is 0.326 e. The first-order chi connectivity index (χ1) is 15.8. The van der Waals surface area contributed by atoms with Crippen LogP contribution in [0.1, 0.15) is 39.5 Å². The van der Waals surface area contributed by atoms with E-state index in [2.05, 4.69) is 33.6 Å². The zero-order chi connectivity index (χ0) is 26.4. The van der Waals surface area contributed by atoms with Gasteiger partial charge in [-0.3, -0.25) is 24.2 Å². The number of nitrogens with two attached hydrogens (primary N) is 4. The van der Waals surface area contributed by atoms with Crippen LogP contribution in [0.5, 0.6) is 0 Å². The molecule has 34 heavy (non-hydrogen) atoms. The molecule has 0 aliphatic heterocycles. The van der Waals surface area contributed by atoms with Crippen molar-refractivity contribution in [3.8, 4) is 0 Å². The number of aliphatic imine (C=N–C) groups is 1. The van der Waals surface area contributed by atoms with E-state index in [4.69, 9.17) is 22.9 Å². The van der Waals surface area contributed by atoms with E-state index in [1.807, 2.05) is 0 Å². The number of carbonyl (C=O) groups excluding carboxylic acids is 4. The van der Waals surface area contributed by atoms with Crippen LogP contribution in [0.15, 0.2) is 4.99 Å². The van der Waals surface area contributed by atoms with Gasteiger partial charge in [-0.15, -0.1) is 0 Å². The van der Waals surface area contributed by atoms with Gasteiger partial charge in [-0.2, -0.15) is 12.6 Å². The number of aliphatic carboxylic acids is 1. The molecule has 0 radical (unpaired) electrons. The maximum absolute atomic E-state index is 12.9. The molecule has 0 heterocycles. The lowest BCUT2D eigenvalue weighted by Crippen LogP contribution is -2.57. The summed E-state index contributed by atoms with van der Waals surface area (Å²) >= 11 is 3.95. The van der Waals surface area contributed by atoms with E-state index in [1.54, 1.807) is 13.8 Å². The fourth-order valence-corrected chi connectivity index (χ4v) is 2.90. The summed E-state index contributed by atoms with van der Waals surface area (Å²) in [5, 5.41) is 16.6. The maximum atomic E-state index is 12.9. The summed E-state index contributed by atoms with van der Waals surface area (Å²) in [6.45, 7) is 3.38. The minimum Gasteiger partial charge on any atom is -0.480 e. The molecule has 0 aromatic heterocycles. The SMILES string of the molecule is CC(C)C(NC(=O)C(CCC(N)=O)NC(=O)C(CCCN=C(N)N)NC(=O)C(N)CS)C(=O)O. The Bertz CT molecular complexity index is 759. The molecular weight excluding hydrogens is 468 g/mol. The molecule has 0 aromatic carbocycles. The number of nitrogens with zero attached hydrogens (tertiary/aromatic N) is 1. The second-order valence-corrected chi connectivity index (χ2v) is 8.30. The fourth-order valence-electron chi connectivity index (χ4n) is 2.73. The van der Waals surface area contributed by atoms with E-state index in [1.165, 1.54) is 0 Å². The molecule has 0 bridgehead atoms. The number of carboxylic acid groups (broad SMARTS) is 1. The molecule has 14 nitrogen and oxygen atoms in total. The fraction of sp³-hybridized carbons (Fsp3) is 0.684. The second kappa shape index (κ2) is 15.7. The number of hydrogen-bond acceptors (Lipinski definition) is 8. The van der Waals surface area contributed by atoms with E-state index in [-0.39, 0.29) is 37.5 Å². The first kappa shape index (κ1) is 30.9. The van der Waals surface area contributed by atoms with Crippen molar-refractivity contribution in [2.75, 3.05) is 12.3 Å². The lowest BCUT2D eigenvalue weighted by atomic mass is 10.0. The number of nitrogens with one attached hydrogen (secondary N) is 3. The van der Waals surface area contributed by atoms with E-state index in [9.17, 15) is 29.1 Å². The number of carbonyl (C=O) groups is 5. The first-order valence-corrected chi connectivity index (χ1v) is 11.3. The zero-order valence-electron chi connectivity index (χ0n) is 19.3. The molecule has 0 fully saturated rings. The molecule has 0 aliphatic carbocycles. The van der Waals surface area contributed by atoms with Crippen molar-refractivity contribution < 1.29 is 29.1 Å². The van der Waals surface area contributed by atoms with Gasteiger partial charge < -0.3 is 44.0 Å². The molecule has 0 saturated carbocycles. The topological polar surface area (TPSA) is 258 Å². The third-order valence-corrected chi connectivity index (χ3v) is 5.05. The molecule has 12 N–H and O–H groups in total. The number of amides is 4. The third kappa shape index (κ3) is 12.2. The molecule has 0 spiro atoms. The smallest absolute Gasteiger partial charge is 0.326 e. The van der Waals surface area contributed by atoms with E-state index < -0.39 is 59.7 Å². The molecule has 0 saturated heterocycles. The zero-order valence-corrected chi connectivity index (χ0v) is 20.2. The van der Waals surface area contributed by atoms with Crippen molar-refractivity contribution >= 4 is 48.2 Å². The van der Waals surface area contributed by atoms with Gasteiger partial charge in [0.2, 0.25) is 23.6 Å². The summed E-state index contributed by atoms with van der Waals surface area (Å²) in [5.74, 6) is -4.72. The Morgan fingerprint density at radius 1 is 0.912 bits per heavy atom. The molecule has 0 aromatic rings. The molecule has 0 rings (SSSR count). The van der Waals surface area contributed by atoms with E-state index in [0.29, 0.717) is 6.42 Å². The number of thiol groups is 1. The Morgan fingerprint density at radius 2 is 1.44 bits per heavy atom. The van der Waals surface area contributed by atoms with Crippen molar-refractivity contribution in [2.24, 2.45) is 33.8 Å². The predicted octanol–water partition coefficient (Wildman–Crippen LogP) is -3.24. The second-order valence-electron chi connectivity index (χ2n) is 7.93. The monoisotopic (exact) mass is 504 g/mol. The van der Waals surface area contributed by atoms with Crippen molar-refractivity contribution in [1.29, 1.82) is 0 Å². The lowest BCUT2D eigenvalue weighted by molar-refractivity contribution is -0.143. The average molecular weight is 505 g/mol. The van der Waals surface area contributed by atoms with Crippen LogP contribution in [0.4, 0.5) is 0 Å². The minimum atomic E-state index is -1.28. The third-order valence-electron chi connectivity index (χ3n) is 4.65. The standard InChI is InChI=1S/C19H36N8O6S/c1-9(2)14(18(32)33)27-17(31)12(5-6-13(21)28)26-16(30)11(4-3-7-24-19(22)23)25-15(29)10(20)8-34/h9-12,14,34H,3-8,20H2,1-2H3,(H2,21,28)(H,25,29)(H,26,30)(H,27,31)(H,32,33)(H4,22,23,24).